The smallest absolute Gasteiger partial charge is 0.150 e. The first-order chi connectivity index (χ1) is 13.7. The molecule has 5 atom stereocenters. The van der Waals surface area contributed by atoms with E-state index in [0.717, 1.165) is 57.8 Å². The Kier molecular flexibility index (Phi) is 5.50. The van der Waals surface area contributed by atoms with E-state index >= 15 is 0 Å². The monoisotopic (exact) mass is 420 g/mol. The maximum absolute atomic E-state index is 9.86. The number of fused-ring (bicyclic) bond motifs is 2. The summed E-state index contributed by atoms with van der Waals surface area (Å²) in [5.41, 5.74) is 0. The van der Waals surface area contributed by atoms with Gasteiger partial charge in [0.2, 0.25) is 0 Å². The Morgan fingerprint density at radius 1 is 1.14 bits per heavy atom. The number of anilines is 1. The fourth-order valence-corrected chi connectivity index (χ4v) is 6.54. The molecule has 3 aliphatic rings. The summed E-state index contributed by atoms with van der Waals surface area (Å²) in [6.07, 6.45) is 3.90. The van der Waals surface area contributed by atoms with Crippen molar-refractivity contribution in [1.29, 1.82) is 0 Å². The van der Waals surface area contributed by atoms with Gasteiger partial charge < -0.3 is 10.0 Å². The van der Waals surface area contributed by atoms with E-state index in [1.165, 1.54) is 16.5 Å². The summed E-state index contributed by atoms with van der Waals surface area (Å²) in [6.45, 7) is 5.41. The maximum atomic E-state index is 9.86. The van der Waals surface area contributed by atoms with Gasteiger partial charge in [-0.05, 0) is 67.7 Å². The van der Waals surface area contributed by atoms with Gasteiger partial charge in [-0.15, -0.1) is 11.6 Å². The largest absolute Gasteiger partial charge is 0.379 e. The third-order valence-corrected chi connectivity index (χ3v) is 8.30. The van der Waals surface area contributed by atoms with Crippen molar-refractivity contribution in [2.24, 2.45) is 11.8 Å². The summed E-state index contributed by atoms with van der Waals surface area (Å²) in [5, 5.41) is 14.7. The second-order valence-electron chi connectivity index (χ2n) is 8.65. The van der Waals surface area contributed by atoms with Gasteiger partial charge in [0.1, 0.15) is 12.0 Å². The first-order valence-electron chi connectivity index (χ1n) is 10.6. The van der Waals surface area contributed by atoms with Gasteiger partial charge in [0.25, 0.3) is 0 Å². The van der Waals surface area contributed by atoms with E-state index in [4.69, 9.17) is 16.0 Å². The summed E-state index contributed by atoms with van der Waals surface area (Å²) < 4.78 is 5.99. The van der Waals surface area contributed by atoms with Gasteiger partial charge in [-0.2, -0.15) is 4.37 Å². The molecule has 5 nitrogen and oxygen atoms in total. The van der Waals surface area contributed by atoms with Crippen LogP contribution < -0.4 is 10.2 Å². The number of alkyl halides is 1. The number of nitrogens with zero attached hydrogens (tertiary/aromatic N) is 3. The van der Waals surface area contributed by atoms with Gasteiger partial charge in [0.05, 0.1) is 4.70 Å². The quantitative estimate of drug-likeness (QED) is 0.744. The van der Waals surface area contributed by atoms with Crippen LogP contribution in [0.5, 0.6) is 0 Å². The standard InChI is InChI=1S/C21H29ClN4OS/c22-17-13-18-15(12-20(27)23-18)11-14(17)5-6-25-7-9-26(10-8-25)21-16-3-1-2-4-19(16)28-24-21/h1-4,14-15,17-18,20,23,27H,5-13H2. The van der Waals surface area contributed by atoms with Crippen molar-refractivity contribution in [3.63, 3.8) is 0 Å². The average Bonchev–Trinajstić information content (AvgIpc) is 3.29. The van der Waals surface area contributed by atoms with E-state index in [1.54, 1.807) is 11.5 Å². The van der Waals surface area contributed by atoms with E-state index in [-0.39, 0.29) is 11.6 Å². The van der Waals surface area contributed by atoms with Crippen molar-refractivity contribution in [2.75, 3.05) is 37.6 Å². The molecular weight excluding hydrogens is 392 g/mol. The Labute approximate surface area is 175 Å². The predicted molar refractivity (Wildman–Crippen MR) is 116 cm³/mol. The number of nitrogens with one attached hydrogen (secondary N) is 1. The Bertz CT molecular complexity index is 809. The summed E-state index contributed by atoms with van der Waals surface area (Å²) >= 11 is 8.31. The van der Waals surface area contributed by atoms with Crippen molar-refractivity contribution < 1.29 is 5.11 Å². The van der Waals surface area contributed by atoms with Crippen molar-refractivity contribution in [3.05, 3.63) is 24.3 Å². The molecule has 2 aromatic rings. The van der Waals surface area contributed by atoms with Crippen LogP contribution in [0.1, 0.15) is 25.7 Å². The molecule has 5 unspecified atom stereocenters. The van der Waals surface area contributed by atoms with Crippen LogP contribution in [0.25, 0.3) is 10.1 Å². The van der Waals surface area contributed by atoms with Crippen LogP contribution in [0.4, 0.5) is 5.82 Å². The van der Waals surface area contributed by atoms with E-state index in [2.05, 4.69) is 39.4 Å². The first-order valence-corrected chi connectivity index (χ1v) is 11.8. The number of halogens is 1. The summed E-state index contributed by atoms with van der Waals surface area (Å²) in [7, 11) is 0. The van der Waals surface area contributed by atoms with E-state index in [1.807, 2.05) is 0 Å². The highest BCUT2D eigenvalue weighted by Gasteiger charge is 2.41. The predicted octanol–water partition coefficient (Wildman–Crippen LogP) is 3.12. The number of hydrogen-bond acceptors (Lipinski definition) is 6. The van der Waals surface area contributed by atoms with Crippen molar-refractivity contribution in [2.45, 2.75) is 43.3 Å². The minimum absolute atomic E-state index is 0.238. The molecule has 1 aliphatic carbocycles. The number of aromatic nitrogens is 1. The van der Waals surface area contributed by atoms with Crippen LogP contribution in [0, 0.1) is 11.8 Å². The van der Waals surface area contributed by atoms with Crippen LogP contribution >= 0.6 is 23.1 Å². The molecule has 2 N–H and O–H groups in total. The average molecular weight is 421 g/mol. The number of piperazine rings is 1. The van der Waals surface area contributed by atoms with Gasteiger partial charge in [-0.3, -0.25) is 10.2 Å². The molecule has 1 aromatic carbocycles. The van der Waals surface area contributed by atoms with Crippen LogP contribution in [-0.2, 0) is 0 Å². The minimum Gasteiger partial charge on any atom is -0.379 e. The van der Waals surface area contributed by atoms with E-state index in [9.17, 15) is 5.11 Å². The zero-order valence-electron chi connectivity index (χ0n) is 16.1. The topological polar surface area (TPSA) is 51.6 Å². The van der Waals surface area contributed by atoms with Crippen LogP contribution in [0.3, 0.4) is 0 Å². The molecule has 7 heteroatoms. The fourth-order valence-electron chi connectivity index (χ4n) is 5.33. The number of rotatable bonds is 4. The Morgan fingerprint density at radius 2 is 1.96 bits per heavy atom. The third-order valence-electron chi connectivity index (χ3n) is 6.94. The number of aliphatic hydroxyl groups excluding tert-OH is 1. The van der Waals surface area contributed by atoms with Crippen LogP contribution in [-0.4, -0.2) is 64.8 Å². The van der Waals surface area contributed by atoms with Gasteiger partial charge >= 0.3 is 0 Å². The van der Waals surface area contributed by atoms with Gasteiger partial charge in [-0.1, -0.05) is 12.1 Å². The highest BCUT2D eigenvalue weighted by atomic mass is 35.5. The molecule has 3 heterocycles. The normalized spacial score (nSPS) is 34.1. The molecule has 0 spiro atoms. The molecule has 2 aliphatic heterocycles. The maximum Gasteiger partial charge on any atom is 0.150 e. The molecule has 0 amide bonds. The molecule has 2 saturated heterocycles. The van der Waals surface area contributed by atoms with Crippen molar-refractivity contribution in [1.82, 2.24) is 14.6 Å². The molecular formula is C21H29ClN4OS. The zero-order valence-corrected chi connectivity index (χ0v) is 17.7. The Balaban J connectivity index is 1.13. The van der Waals surface area contributed by atoms with Gasteiger partial charge in [0, 0.05) is 43.0 Å². The minimum atomic E-state index is -0.326. The third kappa shape index (κ3) is 3.77. The fraction of sp³-hybridized carbons (Fsp3) is 0.667. The highest BCUT2D eigenvalue weighted by Crippen LogP contribution is 2.40. The molecule has 152 valence electrons. The van der Waals surface area contributed by atoms with E-state index < -0.39 is 0 Å². The lowest BCUT2D eigenvalue weighted by atomic mass is 9.77. The summed E-state index contributed by atoms with van der Waals surface area (Å²) in [6, 6.07) is 8.95. The lowest BCUT2D eigenvalue weighted by Gasteiger charge is -2.38. The number of benzene rings is 1. The van der Waals surface area contributed by atoms with Crippen molar-refractivity contribution >= 4 is 39.0 Å². The van der Waals surface area contributed by atoms with Gasteiger partial charge in [-0.25, -0.2) is 0 Å². The SMILES string of the molecule is OC1CC2CC(CCN3CCN(c4nsc5ccccc45)CC3)C(Cl)CC2N1. The number of hydrogen-bond donors (Lipinski definition) is 2. The van der Waals surface area contributed by atoms with Crippen LogP contribution in [0.15, 0.2) is 24.3 Å². The second-order valence-corrected chi connectivity index (χ2v) is 10.0. The molecule has 1 saturated carbocycles. The molecule has 1 aromatic heterocycles. The second kappa shape index (κ2) is 8.07. The first kappa shape index (κ1) is 19.1. The molecule has 5 rings (SSSR count). The van der Waals surface area contributed by atoms with Crippen molar-refractivity contribution in [3.8, 4) is 0 Å². The summed E-state index contributed by atoms with van der Waals surface area (Å²) in [4.78, 5) is 5.03. The molecule has 3 fully saturated rings. The van der Waals surface area contributed by atoms with Crippen LogP contribution in [0.2, 0.25) is 0 Å². The Morgan fingerprint density at radius 3 is 2.82 bits per heavy atom. The lowest BCUT2D eigenvalue weighted by molar-refractivity contribution is 0.153. The summed E-state index contributed by atoms with van der Waals surface area (Å²) in [5.74, 6) is 2.34. The van der Waals surface area contributed by atoms with Gasteiger partial charge in [0.15, 0.2) is 0 Å². The highest BCUT2D eigenvalue weighted by molar-refractivity contribution is 7.13. The Hall–Kier alpha value is -0.920. The molecule has 0 radical (unpaired) electrons. The zero-order chi connectivity index (χ0) is 19.1. The molecule has 28 heavy (non-hydrogen) atoms. The lowest BCUT2D eigenvalue weighted by Crippen LogP contribution is -2.47. The molecule has 0 bridgehead atoms. The number of aliphatic hydroxyl groups is 1. The van der Waals surface area contributed by atoms with E-state index in [0.29, 0.717) is 17.9 Å².